The number of nitrogens with two attached hydrogens (primary N) is 1. The van der Waals surface area contributed by atoms with E-state index in [1.807, 2.05) is 11.9 Å². The molecule has 0 bridgehead atoms. The molecule has 43 heavy (non-hydrogen) atoms. The topological polar surface area (TPSA) is 135 Å². The fraction of sp³-hybridized carbons (Fsp3) is 0.500. The number of anilines is 1. The number of amides is 1. The quantitative estimate of drug-likeness (QED) is 0.545. The Labute approximate surface area is 250 Å². The lowest BCUT2D eigenvalue weighted by Gasteiger charge is -2.39. The van der Waals surface area contributed by atoms with E-state index in [-0.39, 0.29) is 29.7 Å². The van der Waals surface area contributed by atoms with Crippen molar-refractivity contribution in [1.82, 2.24) is 9.47 Å². The van der Waals surface area contributed by atoms with Crippen molar-refractivity contribution in [2.45, 2.75) is 45.4 Å². The monoisotopic (exact) mass is 586 g/mol. The smallest absolute Gasteiger partial charge is 0.265 e. The van der Waals surface area contributed by atoms with E-state index in [0.717, 1.165) is 25.1 Å². The Balaban J connectivity index is 1.28. The summed E-state index contributed by atoms with van der Waals surface area (Å²) >= 11 is 0. The third kappa shape index (κ3) is 5.03. The Bertz CT molecular complexity index is 1640. The molecular weight excluding hydrogens is 548 g/mol. The molecule has 6 rings (SSSR count). The number of hydrogen-bond acceptors (Lipinski definition) is 9. The average Bonchev–Trinajstić information content (AvgIpc) is 3.64. The van der Waals surface area contributed by atoms with Crippen molar-refractivity contribution in [3.05, 3.63) is 57.4 Å². The number of rotatable bonds is 6. The summed E-state index contributed by atoms with van der Waals surface area (Å²) in [4.78, 5) is 36.5. The van der Waals surface area contributed by atoms with E-state index >= 15 is 0 Å². The molecule has 4 heterocycles. The van der Waals surface area contributed by atoms with Gasteiger partial charge in [-0.15, -0.1) is 0 Å². The van der Waals surface area contributed by atoms with Crippen molar-refractivity contribution in [1.29, 1.82) is 5.26 Å². The zero-order valence-corrected chi connectivity index (χ0v) is 25.1. The number of fused-ring (bicyclic) bond motifs is 1. The Morgan fingerprint density at radius 2 is 1.98 bits per heavy atom. The second-order valence-electron chi connectivity index (χ2n) is 12.0. The lowest BCUT2D eigenvalue weighted by atomic mass is 9.82. The fourth-order valence-electron chi connectivity index (χ4n) is 6.98. The van der Waals surface area contributed by atoms with Crippen LogP contribution in [0.2, 0.25) is 0 Å². The van der Waals surface area contributed by atoms with E-state index in [1.165, 1.54) is 10.1 Å². The highest BCUT2D eigenvalue weighted by atomic mass is 16.7. The number of nitrogens with zero attached hydrogens (tertiary/aromatic N) is 5. The SMILES string of the molecule is CC1=CC=CC(C)C1C1=NOC(C2CCN(c3c(C(N)=O)c(=O)n(C)c4cc(OC5CCOC5)c(C#N)cc34)CC2)N1C. The summed E-state index contributed by atoms with van der Waals surface area (Å²) in [5.74, 6) is 1.23. The summed E-state index contributed by atoms with van der Waals surface area (Å²) in [7, 11) is 3.65. The molecule has 226 valence electrons. The molecular formula is C32H38N6O5. The molecule has 4 aliphatic rings. The number of piperidine rings is 1. The van der Waals surface area contributed by atoms with Gasteiger partial charge in [0.15, 0.2) is 5.84 Å². The fourth-order valence-corrected chi connectivity index (χ4v) is 6.98. The second-order valence-corrected chi connectivity index (χ2v) is 12.0. The molecule has 1 aromatic heterocycles. The maximum Gasteiger partial charge on any atom is 0.265 e. The summed E-state index contributed by atoms with van der Waals surface area (Å²) < 4.78 is 12.9. The number of pyridine rings is 1. The first-order valence-electron chi connectivity index (χ1n) is 14.9. The molecule has 4 unspecified atom stereocenters. The van der Waals surface area contributed by atoms with Crippen LogP contribution >= 0.6 is 0 Å². The standard InChI is InChI=1S/C32H38N6O5/c1-18-6-5-7-19(2)26(18)30-35-43-32(37(30)4)20-8-11-38(12-9-20)28-23-14-21(16-33)25(42-22-10-13-41-17-22)15-24(23)36(3)31(40)27(28)29(34)39/h5-7,14-15,18,20,22,26,32H,8-13,17H2,1-4H3,(H2,34,39). The van der Waals surface area contributed by atoms with Gasteiger partial charge in [0.1, 0.15) is 23.5 Å². The van der Waals surface area contributed by atoms with Gasteiger partial charge >= 0.3 is 0 Å². The molecule has 0 spiro atoms. The molecule has 2 fully saturated rings. The number of aryl methyl sites for hydroxylation is 1. The third-order valence-corrected chi connectivity index (χ3v) is 9.34. The van der Waals surface area contributed by atoms with Crippen LogP contribution in [0.4, 0.5) is 5.69 Å². The van der Waals surface area contributed by atoms with Crippen LogP contribution in [-0.4, -0.2) is 66.9 Å². The van der Waals surface area contributed by atoms with Gasteiger partial charge in [-0.3, -0.25) is 9.59 Å². The number of amidine groups is 1. The summed E-state index contributed by atoms with van der Waals surface area (Å²) in [5.41, 5.74) is 7.88. The zero-order chi connectivity index (χ0) is 30.4. The van der Waals surface area contributed by atoms with Crippen LogP contribution in [0.5, 0.6) is 5.75 Å². The molecule has 0 radical (unpaired) electrons. The number of allylic oxidation sites excluding steroid dienone is 3. The van der Waals surface area contributed by atoms with Crippen molar-refractivity contribution in [2.75, 3.05) is 38.3 Å². The van der Waals surface area contributed by atoms with Crippen molar-refractivity contribution >= 4 is 28.3 Å². The van der Waals surface area contributed by atoms with Gasteiger partial charge in [-0.2, -0.15) is 5.26 Å². The van der Waals surface area contributed by atoms with Crippen LogP contribution in [-0.2, 0) is 16.6 Å². The number of ether oxygens (including phenoxy) is 2. The number of carbonyl (C=O) groups excluding carboxylic acids is 1. The molecule has 1 aliphatic carbocycles. The van der Waals surface area contributed by atoms with Gasteiger partial charge in [0.25, 0.3) is 11.5 Å². The lowest BCUT2D eigenvalue weighted by molar-refractivity contribution is -0.0309. The van der Waals surface area contributed by atoms with E-state index in [1.54, 1.807) is 19.2 Å². The minimum absolute atomic E-state index is 0.0725. The summed E-state index contributed by atoms with van der Waals surface area (Å²) in [6.07, 6.45) is 8.31. The van der Waals surface area contributed by atoms with Crippen LogP contribution in [0.3, 0.4) is 0 Å². The zero-order valence-electron chi connectivity index (χ0n) is 25.1. The maximum atomic E-state index is 13.5. The summed E-state index contributed by atoms with van der Waals surface area (Å²) in [5, 5.41) is 15.2. The number of nitriles is 1. The number of carbonyl (C=O) groups is 1. The Morgan fingerprint density at radius 1 is 1.21 bits per heavy atom. The lowest BCUT2D eigenvalue weighted by Crippen LogP contribution is -2.46. The molecule has 2 saturated heterocycles. The number of oxime groups is 1. The summed E-state index contributed by atoms with van der Waals surface area (Å²) in [6, 6.07) is 5.65. The molecule has 1 amide bonds. The van der Waals surface area contributed by atoms with E-state index < -0.39 is 11.5 Å². The molecule has 1 aromatic carbocycles. The van der Waals surface area contributed by atoms with Gasteiger partial charge < -0.3 is 34.4 Å². The Kier molecular flexibility index (Phi) is 7.65. The minimum Gasteiger partial charge on any atom is -0.486 e. The number of benzene rings is 1. The van der Waals surface area contributed by atoms with Crippen LogP contribution in [0.1, 0.15) is 49.0 Å². The molecule has 0 saturated carbocycles. The minimum atomic E-state index is -0.794. The number of hydrogen-bond donors (Lipinski definition) is 1. The van der Waals surface area contributed by atoms with Crippen LogP contribution in [0, 0.1) is 29.1 Å². The van der Waals surface area contributed by atoms with Crippen LogP contribution < -0.4 is 20.9 Å². The normalized spacial score (nSPS) is 25.8. The largest absolute Gasteiger partial charge is 0.486 e. The van der Waals surface area contributed by atoms with Crippen molar-refractivity contribution in [3.8, 4) is 11.8 Å². The molecule has 4 atom stereocenters. The third-order valence-electron chi connectivity index (χ3n) is 9.34. The molecule has 11 nitrogen and oxygen atoms in total. The first-order valence-corrected chi connectivity index (χ1v) is 14.9. The molecule has 11 heteroatoms. The van der Waals surface area contributed by atoms with Crippen LogP contribution in [0.25, 0.3) is 10.9 Å². The maximum absolute atomic E-state index is 13.5. The van der Waals surface area contributed by atoms with Crippen molar-refractivity contribution < 1.29 is 19.1 Å². The Hall–Kier alpha value is -4.30. The second kappa shape index (κ2) is 11.4. The number of aromatic nitrogens is 1. The molecule has 2 N–H and O–H groups in total. The van der Waals surface area contributed by atoms with E-state index in [2.05, 4.69) is 48.2 Å². The highest BCUT2D eigenvalue weighted by Gasteiger charge is 2.41. The average molecular weight is 587 g/mol. The number of primary amides is 1. The van der Waals surface area contributed by atoms with E-state index in [4.69, 9.17) is 20.0 Å². The highest BCUT2D eigenvalue weighted by molar-refractivity contribution is 6.07. The first kappa shape index (κ1) is 28.8. The van der Waals surface area contributed by atoms with Crippen molar-refractivity contribution in [3.63, 3.8) is 0 Å². The first-order chi connectivity index (χ1) is 20.7. The van der Waals surface area contributed by atoms with E-state index in [0.29, 0.717) is 60.1 Å². The van der Waals surface area contributed by atoms with Gasteiger partial charge in [0.2, 0.25) is 6.23 Å². The van der Waals surface area contributed by atoms with Gasteiger partial charge in [-0.05, 0) is 31.7 Å². The van der Waals surface area contributed by atoms with Crippen LogP contribution in [0.15, 0.2) is 45.9 Å². The molecule has 3 aliphatic heterocycles. The van der Waals surface area contributed by atoms with Gasteiger partial charge in [0, 0.05) is 56.9 Å². The van der Waals surface area contributed by atoms with Gasteiger partial charge in [-0.1, -0.05) is 35.9 Å². The van der Waals surface area contributed by atoms with E-state index in [9.17, 15) is 14.9 Å². The highest BCUT2D eigenvalue weighted by Crippen LogP contribution is 2.39. The summed E-state index contributed by atoms with van der Waals surface area (Å²) in [6.45, 7) is 6.54. The predicted octanol–water partition coefficient (Wildman–Crippen LogP) is 3.26. The van der Waals surface area contributed by atoms with Gasteiger partial charge in [0.05, 0.1) is 30.0 Å². The molecule has 2 aromatic rings. The Morgan fingerprint density at radius 3 is 2.63 bits per heavy atom. The van der Waals surface area contributed by atoms with Crippen molar-refractivity contribution in [2.24, 2.45) is 35.7 Å². The predicted molar refractivity (Wildman–Crippen MR) is 163 cm³/mol. The van der Waals surface area contributed by atoms with Gasteiger partial charge in [-0.25, -0.2) is 0 Å².